The van der Waals surface area contributed by atoms with Crippen molar-refractivity contribution in [2.45, 2.75) is 145 Å². The zero-order chi connectivity index (χ0) is 29.7. The molecule has 0 aromatic heterocycles. The van der Waals surface area contributed by atoms with E-state index in [-0.39, 0.29) is 43.7 Å². The maximum atomic E-state index is 7.09. The summed E-state index contributed by atoms with van der Waals surface area (Å²) in [5, 5.41) is 0. The van der Waals surface area contributed by atoms with E-state index in [4.69, 9.17) is 56.8 Å². The van der Waals surface area contributed by atoms with Gasteiger partial charge in [0, 0.05) is 7.11 Å². The second-order valence-corrected chi connectivity index (χ2v) is 13.4. The minimum Gasteiger partial charge on any atom is -0.381 e. The second kappa shape index (κ2) is 9.76. The first-order chi connectivity index (χ1) is 19.1. The fraction of sp³-hybridized carbons (Fsp3) is 1.00. The van der Waals surface area contributed by atoms with Crippen LogP contribution in [0.25, 0.3) is 0 Å². The van der Waals surface area contributed by atoms with E-state index in [9.17, 15) is 0 Å². The van der Waals surface area contributed by atoms with Crippen LogP contribution < -0.4 is 0 Å². The molecule has 6 aliphatic rings. The molecule has 0 aliphatic carbocycles. The molecule has 6 heterocycles. The quantitative estimate of drug-likeness (QED) is 0.436. The Hall–Kier alpha value is -0.480. The van der Waals surface area contributed by atoms with Gasteiger partial charge in [-0.2, -0.15) is 0 Å². The monoisotopic (exact) mass is 588 g/mol. The largest absolute Gasteiger partial charge is 0.381 e. The van der Waals surface area contributed by atoms with Gasteiger partial charge in [0.1, 0.15) is 12.2 Å². The van der Waals surface area contributed by atoms with Gasteiger partial charge >= 0.3 is 0 Å². The van der Waals surface area contributed by atoms with Crippen LogP contribution in [0.5, 0.6) is 0 Å². The molecule has 12 heteroatoms. The summed E-state index contributed by atoms with van der Waals surface area (Å²) in [6.45, 7) is 18.7. The lowest BCUT2D eigenvalue weighted by atomic mass is 9.68. The van der Waals surface area contributed by atoms with Crippen molar-refractivity contribution in [2.75, 3.05) is 40.1 Å². The average Bonchev–Trinajstić information content (AvgIpc) is 3.69. The van der Waals surface area contributed by atoms with Gasteiger partial charge in [0.15, 0.2) is 29.1 Å². The maximum Gasteiger partial charge on any atom is 0.212 e. The molecule has 6 rings (SSSR count). The molecule has 41 heavy (non-hydrogen) atoms. The molecular formula is C29H48O12. The molecule has 10 atom stereocenters. The molecule has 0 saturated carbocycles. The standard InChI is InChI=1S/C29H48O12/c1-11-19-12-32-25(7,38-19)24(6)29(40-23(4,5)39-24,27(9)36-17(2)18(3)37-27)26(8)33-16-28(41-26,15-30-10)22-34-20-13-31-14-21(20)35-22/h17-22H,11-16H2,1-10H3. The molecule has 0 bridgehead atoms. The number of hydrogen-bond acceptors (Lipinski definition) is 12. The van der Waals surface area contributed by atoms with E-state index in [1.807, 2.05) is 55.4 Å². The van der Waals surface area contributed by atoms with E-state index in [1.165, 1.54) is 0 Å². The van der Waals surface area contributed by atoms with Gasteiger partial charge < -0.3 is 56.8 Å². The molecular weight excluding hydrogens is 540 g/mol. The lowest BCUT2D eigenvalue weighted by Crippen LogP contribution is -2.80. The number of methoxy groups -OCH3 is 1. The molecule has 0 amide bonds. The Morgan fingerprint density at radius 3 is 1.93 bits per heavy atom. The third-order valence-corrected chi connectivity index (χ3v) is 9.92. The van der Waals surface area contributed by atoms with Crippen molar-refractivity contribution >= 4 is 0 Å². The minimum atomic E-state index is -1.61. The van der Waals surface area contributed by atoms with Gasteiger partial charge in [-0.1, -0.05) is 6.92 Å². The summed E-state index contributed by atoms with van der Waals surface area (Å²) in [5.74, 6) is -5.43. The number of hydrogen-bond donors (Lipinski definition) is 0. The van der Waals surface area contributed by atoms with Gasteiger partial charge in [-0.15, -0.1) is 0 Å². The van der Waals surface area contributed by atoms with Crippen molar-refractivity contribution in [3.05, 3.63) is 0 Å². The Morgan fingerprint density at radius 1 is 0.732 bits per heavy atom. The molecule has 12 nitrogen and oxygen atoms in total. The average molecular weight is 589 g/mol. The second-order valence-electron chi connectivity index (χ2n) is 13.4. The van der Waals surface area contributed by atoms with Crippen LogP contribution in [0.1, 0.15) is 68.7 Å². The molecule has 6 saturated heterocycles. The van der Waals surface area contributed by atoms with Crippen molar-refractivity contribution in [1.29, 1.82) is 0 Å². The number of fused-ring (bicyclic) bond motifs is 1. The molecule has 6 aliphatic heterocycles. The van der Waals surface area contributed by atoms with E-state index in [2.05, 4.69) is 6.92 Å². The van der Waals surface area contributed by atoms with Crippen LogP contribution in [0.15, 0.2) is 0 Å². The SMILES string of the molecule is CCC1COC(C)(C2(C)OC(C)(C)OC2(C2(C)OC(C)C(C)O2)C2(C)OCC(COC)(C3OC4COCC4O3)O2)O1. The first-order valence-corrected chi connectivity index (χ1v) is 14.9. The van der Waals surface area contributed by atoms with E-state index < -0.39 is 46.2 Å². The van der Waals surface area contributed by atoms with E-state index in [0.29, 0.717) is 19.8 Å². The Bertz CT molecular complexity index is 988. The molecule has 0 radical (unpaired) electrons. The van der Waals surface area contributed by atoms with Gasteiger partial charge in [-0.25, -0.2) is 0 Å². The van der Waals surface area contributed by atoms with Crippen molar-refractivity contribution in [1.82, 2.24) is 0 Å². The van der Waals surface area contributed by atoms with Gasteiger partial charge in [0.25, 0.3) is 0 Å². The molecule has 236 valence electrons. The summed E-state index contributed by atoms with van der Waals surface area (Å²) < 4.78 is 78.1. The Morgan fingerprint density at radius 2 is 1.37 bits per heavy atom. The molecule has 6 fully saturated rings. The minimum absolute atomic E-state index is 0.0844. The maximum absolute atomic E-state index is 7.09. The number of rotatable bonds is 7. The summed E-state index contributed by atoms with van der Waals surface area (Å²) in [6.07, 6.45) is -1.04. The highest BCUT2D eigenvalue weighted by Crippen LogP contribution is 2.66. The third-order valence-electron chi connectivity index (χ3n) is 9.92. The zero-order valence-electron chi connectivity index (χ0n) is 26.1. The predicted molar refractivity (Wildman–Crippen MR) is 141 cm³/mol. The van der Waals surface area contributed by atoms with Gasteiger partial charge in [-0.3, -0.25) is 0 Å². The highest BCUT2D eigenvalue weighted by Gasteiger charge is 2.87. The van der Waals surface area contributed by atoms with Crippen molar-refractivity contribution in [2.24, 2.45) is 0 Å². The van der Waals surface area contributed by atoms with Crippen molar-refractivity contribution in [3.8, 4) is 0 Å². The van der Waals surface area contributed by atoms with Crippen LogP contribution in [0.3, 0.4) is 0 Å². The van der Waals surface area contributed by atoms with Crippen LogP contribution in [0, 0.1) is 0 Å². The summed E-state index contributed by atoms with van der Waals surface area (Å²) in [4.78, 5) is 0. The Labute approximate surface area is 242 Å². The topological polar surface area (TPSA) is 111 Å². The molecule has 0 aromatic rings. The molecule has 10 unspecified atom stereocenters. The first kappa shape index (κ1) is 30.5. The van der Waals surface area contributed by atoms with Crippen LogP contribution >= 0.6 is 0 Å². The van der Waals surface area contributed by atoms with E-state index >= 15 is 0 Å². The highest BCUT2D eigenvalue weighted by molar-refractivity contribution is 5.26. The summed E-state index contributed by atoms with van der Waals surface area (Å²) in [7, 11) is 1.61. The summed E-state index contributed by atoms with van der Waals surface area (Å²) >= 11 is 0. The van der Waals surface area contributed by atoms with Gasteiger partial charge in [-0.05, 0) is 61.8 Å². The lowest BCUT2D eigenvalue weighted by molar-refractivity contribution is -0.420. The zero-order valence-corrected chi connectivity index (χ0v) is 26.1. The predicted octanol–water partition coefficient (Wildman–Crippen LogP) is 2.64. The number of ether oxygens (including phenoxy) is 12. The van der Waals surface area contributed by atoms with E-state index in [1.54, 1.807) is 7.11 Å². The molecule has 0 spiro atoms. The molecule has 0 N–H and O–H groups in total. The van der Waals surface area contributed by atoms with Crippen LogP contribution in [0.2, 0.25) is 0 Å². The molecule has 0 aromatic carbocycles. The normalized spacial score (nSPS) is 56.6. The van der Waals surface area contributed by atoms with E-state index in [0.717, 1.165) is 6.42 Å². The van der Waals surface area contributed by atoms with Gasteiger partial charge in [0.05, 0.1) is 51.3 Å². The van der Waals surface area contributed by atoms with Crippen LogP contribution in [-0.4, -0.2) is 117 Å². The lowest BCUT2D eigenvalue weighted by Gasteiger charge is -2.58. The third kappa shape index (κ3) is 4.17. The first-order valence-electron chi connectivity index (χ1n) is 14.9. The fourth-order valence-corrected chi connectivity index (χ4v) is 7.86. The Kier molecular flexibility index (Phi) is 7.27. The fourth-order valence-electron chi connectivity index (χ4n) is 7.86. The van der Waals surface area contributed by atoms with Gasteiger partial charge in [0.2, 0.25) is 17.2 Å². The van der Waals surface area contributed by atoms with Crippen molar-refractivity contribution in [3.63, 3.8) is 0 Å². The van der Waals surface area contributed by atoms with Crippen LogP contribution in [0.4, 0.5) is 0 Å². The summed E-state index contributed by atoms with van der Waals surface area (Å²) in [6, 6.07) is 0. The smallest absolute Gasteiger partial charge is 0.212 e. The summed E-state index contributed by atoms with van der Waals surface area (Å²) in [5.41, 5.74) is -4.14. The highest BCUT2D eigenvalue weighted by atomic mass is 16.9. The Balaban J connectivity index is 1.49. The van der Waals surface area contributed by atoms with Crippen LogP contribution in [-0.2, 0) is 56.8 Å². The van der Waals surface area contributed by atoms with Crippen molar-refractivity contribution < 1.29 is 56.8 Å².